The molecular formula is C18H20ClN3O2S. The van der Waals surface area contributed by atoms with E-state index < -0.39 is 0 Å². The Hall–Kier alpha value is -1.57. The van der Waals surface area contributed by atoms with Crippen molar-refractivity contribution in [1.29, 1.82) is 0 Å². The number of nitrogens with one attached hydrogen (secondary N) is 2. The van der Waals surface area contributed by atoms with E-state index >= 15 is 0 Å². The quantitative estimate of drug-likeness (QED) is 0.647. The molecule has 0 aromatic heterocycles. The molecule has 1 aliphatic heterocycles. The molecule has 0 radical (unpaired) electrons. The van der Waals surface area contributed by atoms with Gasteiger partial charge in [-0.1, -0.05) is 35.9 Å². The third-order valence-electron chi connectivity index (χ3n) is 4.01. The fraction of sp³-hybridized carbons (Fsp3) is 0.278. The van der Waals surface area contributed by atoms with E-state index in [1.165, 1.54) is 0 Å². The van der Waals surface area contributed by atoms with Gasteiger partial charge in [0.15, 0.2) is 0 Å². The second-order valence-electron chi connectivity index (χ2n) is 5.85. The van der Waals surface area contributed by atoms with Crippen LogP contribution in [0.15, 0.2) is 47.4 Å². The Labute approximate surface area is 156 Å². The van der Waals surface area contributed by atoms with Crippen molar-refractivity contribution in [3.8, 4) is 0 Å². The predicted molar refractivity (Wildman–Crippen MR) is 102 cm³/mol. The summed E-state index contributed by atoms with van der Waals surface area (Å²) >= 11 is 7.25. The molecule has 0 aliphatic carbocycles. The Morgan fingerprint density at radius 3 is 2.76 bits per heavy atom. The molecule has 3 rings (SSSR count). The molecule has 1 amide bonds. The first-order chi connectivity index (χ1) is 12.2. The molecule has 1 fully saturated rings. The van der Waals surface area contributed by atoms with E-state index in [9.17, 15) is 4.79 Å². The third-order valence-corrected chi connectivity index (χ3v) is 5.01. The molecule has 0 bridgehead atoms. The van der Waals surface area contributed by atoms with Crippen molar-refractivity contribution in [2.24, 2.45) is 5.14 Å². The minimum Gasteiger partial charge on any atom is -0.371 e. The summed E-state index contributed by atoms with van der Waals surface area (Å²) in [5, 5.41) is 12.4. The lowest BCUT2D eigenvalue weighted by atomic mass is 10.1. The number of nitrogens with two attached hydrogens (primary N) is 1. The van der Waals surface area contributed by atoms with E-state index in [2.05, 4.69) is 10.6 Å². The fourth-order valence-corrected chi connectivity index (χ4v) is 3.14. The monoisotopic (exact) mass is 377 g/mol. The number of halogens is 1. The Balaban J connectivity index is 1.61. The van der Waals surface area contributed by atoms with Crippen LogP contribution in [-0.2, 0) is 22.6 Å². The van der Waals surface area contributed by atoms with Crippen molar-refractivity contribution in [2.75, 3.05) is 18.4 Å². The topological polar surface area (TPSA) is 76.4 Å². The van der Waals surface area contributed by atoms with E-state index in [1.807, 2.05) is 36.4 Å². The van der Waals surface area contributed by atoms with Gasteiger partial charge in [0.1, 0.15) is 0 Å². The summed E-state index contributed by atoms with van der Waals surface area (Å²) in [6.07, 6.45) is 0.496. The molecule has 0 atom stereocenters. The zero-order valence-electron chi connectivity index (χ0n) is 13.6. The zero-order chi connectivity index (χ0) is 17.6. The maximum Gasteiger partial charge on any atom is 0.228 e. The van der Waals surface area contributed by atoms with Crippen molar-refractivity contribution in [3.05, 3.63) is 58.6 Å². The molecule has 132 valence electrons. The zero-order valence-corrected chi connectivity index (χ0v) is 15.2. The summed E-state index contributed by atoms with van der Waals surface area (Å²) in [6, 6.07) is 13.0. The third kappa shape index (κ3) is 4.96. The number of carbonyl (C=O) groups is 1. The number of carbonyl (C=O) groups excluding carboxylic acids is 1. The van der Waals surface area contributed by atoms with E-state index in [0.29, 0.717) is 17.3 Å². The lowest BCUT2D eigenvalue weighted by Crippen LogP contribution is -2.48. The molecule has 4 N–H and O–H groups in total. The highest BCUT2D eigenvalue weighted by molar-refractivity contribution is 7.97. The van der Waals surface area contributed by atoms with E-state index in [0.717, 1.165) is 41.1 Å². The standard InChI is InChI=1S/C18H20ClN3O2S/c19-16-4-2-1-3-12(16)7-18(23)22-14-6-5-13(17(8-14)25-20)11-24-15-9-21-10-15/h1-6,8,15,21H,7,9-11,20H2,(H,22,23). The lowest BCUT2D eigenvalue weighted by molar-refractivity contribution is -0.115. The summed E-state index contributed by atoms with van der Waals surface area (Å²) in [5.74, 6) is -0.120. The second-order valence-corrected chi connectivity index (χ2v) is 6.93. The molecule has 1 aliphatic rings. The van der Waals surface area contributed by atoms with Crippen molar-refractivity contribution in [1.82, 2.24) is 5.32 Å². The molecule has 2 aromatic rings. The Bertz CT molecular complexity index is 753. The van der Waals surface area contributed by atoms with Gasteiger partial charge in [0.25, 0.3) is 0 Å². The largest absolute Gasteiger partial charge is 0.371 e. The van der Waals surface area contributed by atoms with Crippen LogP contribution in [0.4, 0.5) is 5.69 Å². The highest BCUT2D eigenvalue weighted by atomic mass is 35.5. The maximum atomic E-state index is 12.2. The number of amides is 1. The minimum absolute atomic E-state index is 0.120. The first-order valence-corrected chi connectivity index (χ1v) is 9.26. The van der Waals surface area contributed by atoms with Crippen LogP contribution in [0.2, 0.25) is 5.02 Å². The molecular weight excluding hydrogens is 358 g/mol. The summed E-state index contributed by atoms with van der Waals surface area (Å²) in [5.41, 5.74) is 2.52. The van der Waals surface area contributed by atoms with Crippen LogP contribution in [0, 0.1) is 0 Å². The lowest BCUT2D eigenvalue weighted by Gasteiger charge is -2.27. The fourth-order valence-electron chi connectivity index (χ4n) is 2.47. The van der Waals surface area contributed by atoms with Crippen LogP contribution in [0.5, 0.6) is 0 Å². The first-order valence-electron chi connectivity index (χ1n) is 8.01. The van der Waals surface area contributed by atoms with Gasteiger partial charge in [-0.15, -0.1) is 0 Å². The van der Waals surface area contributed by atoms with Gasteiger partial charge in [0.2, 0.25) is 5.91 Å². The summed E-state index contributed by atoms with van der Waals surface area (Å²) in [4.78, 5) is 13.1. The average Bonchev–Trinajstić information content (AvgIpc) is 2.56. The smallest absolute Gasteiger partial charge is 0.228 e. The van der Waals surface area contributed by atoms with Crippen LogP contribution in [0.1, 0.15) is 11.1 Å². The SMILES string of the molecule is NSc1cc(NC(=O)Cc2ccccc2Cl)ccc1COC1CNC1. The summed E-state index contributed by atoms with van der Waals surface area (Å²) in [6.45, 7) is 2.29. The van der Waals surface area contributed by atoms with Gasteiger partial charge in [-0.2, -0.15) is 0 Å². The van der Waals surface area contributed by atoms with Gasteiger partial charge in [-0.05, 0) is 41.3 Å². The summed E-state index contributed by atoms with van der Waals surface area (Å²) < 4.78 is 5.79. The molecule has 0 saturated carbocycles. The van der Waals surface area contributed by atoms with Crippen LogP contribution < -0.4 is 15.8 Å². The van der Waals surface area contributed by atoms with Gasteiger partial charge < -0.3 is 15.4 Å². The number of benzene rings is 2. The Morgan fingerprint density at radius 2 is 2.08 bits per heavy atom. The van der Waals surface area contributed by atoms with Crippen LogP contribution in [-0.4, -0.2) is 25.1 Å². The van der Waals surface area contributed by atoms with Gasteiger partial charge >= 0.3 is 0 Å². The van der Waals surface area contributed by atoms with Gasteiger partial charge in [0, 0.05) is 28.7 Å². The highest BCUT2D eigenvalue weighted by Crippen LogP contribution is 2.24. The van der Waals surface area contributed by atoms with Gasteiger partial charge in [-0.25, -0.2) is 0 Å². The van der Waals surface area contributed by atoms with E-state index in [4.69, 9.17) is 21.5 Å². The van der Waals surface area contributed by atoms with Crippen LogP contribution in [0.3, 0.4) is 0 Å². The molecule has 0 spiro atoms. The van der Waals surface area contributed by atoms with E-state index in [1.54, 1.807) is 6.07 Å². The average molecular weight is 378 g/mol. The molecule has 5 nitrogen and oxygen atoms in total. The Kier molecular flexibility index (Phi) is 6.34. The number of ether oxygens (including phenoxy) is 1. The predicted octanol–water partition coefficient (Wildman–Crippen LogP) is 2.98. The minimum atomic E-state index is -0.120. The number of rotatable bonds is 7. The van der Waals surface area contributed by atoms with Gasteiger partial charge in [-0.3, -0.25) is 9.93 Å². The number of hydrogen-bond acceptors (Lipinski definition) is 5. The molecule has 2 aromatic carbocycles. The van der Waals surface area contributed by atoms with Crippen LogP contribution >= 0.6 is 23.5 Å². The first kappa shape index (κ1) is 18.2. The number of hydrogen-bond donors (Lipinski definition) is 3. The molecule has 25 heavy (non-hydrogen) atoms. The van der Waals surface area contributed by atoms with E-state index in [-0.39, 0.29) is 18.4 Å². The molecule has 1 saturated heterocycles. The normalized spacial score (nSPS) is 14.2. The summed E-state index contributed by atoms with van der Waals surface area (Å²) in [7, 11) is 0. The van der Waals surface area contributed by atoms with Crippen molar-refractivity contribution in [2.45, 2.75) is 24.0 Å². The molecule has 7 heteroatoms. The number of anilines is 1. The van der Waals surface area contributed by atoms with Gasteiger partial charge in [0.05, 0.1) is 19.1 Å². The highest BCUT2D eigenvalue weighted by Gasteiger charge is 2.17. The molecule has 1 heterocycles. The van der Waals surface area contributed by atoms with Crippen LogP contribution in [0.25, 0.3) is 0 Å². The maximum absolute atomic E-state index is 12.2. The Morgan fingerprint density at radius 1 is 1.28 bits per heavy atom. The second kappa shape index (κ2) is 8.69. The van der Waals surface area contributed by atoms with Crippen molar-refractivity contribution in [3.63, 3.8) is 0 Å². The van der Waals surface area contributed by atoms with Crippen molar-refractivity contribution >= 4 is 35.1 Å². The van der Waals surface area contributed by atoms with Crippen molar-refractivity contribution < 1.29 is 9.53 Å². The molecule has 0 unspecified atom stereocenters.